The Morgan fingerprint density at radius 2 is 1.94 bits per heavy atom. The van der Waals surface area contributed by atoms with Gasteiger partial charge in [-0.05, 0) is 37.1 Å². The minimum absolute atomic E-state index is 0.127. The molecule has 0 unspecified atom stereocenters. The summed E-state index contributed by atoms with van der Waals surface area (Å²) in [6.07, 6.45) is 2.23. The third kappa shape index (κ3) is 1.79. The summed E-state index contributed by atoms with van der Waals surface area (Å²) in [5.74, 6) is 0.127. The monoisotopic (exact) mass is 262 g/mol. The van der Waals surface area contributed by atoms with Crippen LogP contribution in [0.25, 0.3) is 10.9 Å². The van der Waals surface area contributed by atoms with Crippen molar-refractivity contribution in [2.24, 2.45) is 7.05 Å². The van der Waals surface area contributed by atoms with Gasteiger partial charge in [-0.3, -0.25) is 4.79 Å². The number of halogens is 1. The first kappa shape index (κ1) is 11.6. The molecule has 1 aromatic heterocycles. The van der Waals surface area contributed by atoms with Gasteiger partial charge in [-0.1, -0.05) is 11.6 Å². The topological polar surface area (TPSA) is 25.2 Å². The van der Waals surface area contributed by atoms with Crippen molar-refractivity contribution in [3.8, 4) is 0 Å². The van der Waals surface area contributed by atoms with Gasteiger partial charge in [-0.25, -0.2) is 0 Å². The molecular weight excluding hydrogens is 248 g/mol. The van der Waals surface area contributed by atoms with Crippen LogP contribution < -0.4 is 0 Å². The molecule has 18 heavy (non-hydrogen) atoms. The lowest BCUT2D eigenvalue weighted by atomic mass is 10.2. The highest BCUT2D eigenvalue weighted by Crippen LogP contribution is 2.24. The fourth-order valence-electron chi connectivity index (χ4n) is 2.61. The second kappa shape index (κ2) is 4.32. The SMILES string of the molecule is Cn1c(C(=O)N2CCCC2)cc2cc(Cl)ccc21. The number of nitrogens with zero attached hydrogens (tertiary/aromatic N) is 2. The number of likely N-dealkylation sites (tertiary alicyclic amines) is 1. The van der Waals surface area contributed by atoms with E-state index in [1.165, 1.54) is 0 Å². The number of carbonyl (C=O) groups excluding carboxylic acids is 1. The quantitative estimate of drug-likeness (QED) is 0.775. The van der Waals surface area contributed by atoms with Crippen molar-refractivity contribution in [2.75, 3.05) is 13.1 Å². The maximum atomic E-state index is 12.4. The molecule has 2 heterocycles. The third-order valence-corrected chi connectivity index (χ3v) is 3.85. The van der Waals surface area contributed by atoms with Gasteiger partial charge >= 0.3 is 0 Å². The van der Waals surface area contributed by atoms with Crippen molar-refractivity contribution in [1.82, 2.24) is 9.47 Å². The molecule has 1 aliphatic heterocycles. The van der Waals surface area contributed by atoms with Crippen LogP contribution in [0, 0.1) is 0 Å². The van der Waals surface area contributed by atoms with Crippen molar-refractivity contribution in [3.05, 3.63) is 35.0 Å². The standard InChI is InChI=1S/C14H15ClN2O/c1-16-12-5-4-11(15)8-10(12)9-13(16)14(18)17-6-2-3-7-17/h4-5,8-9H,2-3,6-7H2,1H3. The summed E-state index contributed by atoms with van der Waals surface area (Å²) >= 11 is 5.98. The Hall–Kier alpha value is -1.48. The largest absolute Gasteiger partial charge is 0.340 e. The molecule has 1 amide bonds. The van der Waals surface area contributed by atoms with Crippen LogP contribution in [0.5, 0.6) is 0 Å². The van der Waals surface area contributed by atoms with Gasteiger partial charge < -0.3 is 9.47 Å². The molecule has 0 bridgehead atoms. The Bertz CT molecular complexity index is 612. The molecule has 0 aliphatic carbocycles. The first-order chi connectivity index (χ1) is 8.66. The van der Waals surface area contributed by atoms with Crippen LogP contribution in [0.1, 0.15) is 23.3 Å². The van der Waals surface area contributed by atoms with Gasteiger partial charge in [0.2, 0.25) is 0 Å². The number of hydrogen-bond donors (Lipinski definition) is 0. The van der Waals surface area contributed by atoms with Gasteiger partial charge in [0.05, 0.1) is 0 Å². The summed E-state index contributed by atoms with van der Waals surface area (Å²) in [5, 5.41) is 1.72. The van der Waals surface area contributed by atoms with Crippen molar-refractivity contribution in [3.63, 3.8) is 0 Å². The number of amides is 1. The smallest absolute Gasteiger partial charge is 0.270 e. The van der Waals surface area contributed by atoms with E-state index >= 15 is 0 Å². The summed E-state index contributed by atoms with van der Waals surface area (Å²) in [6.45, 7) is 1.75. The van der Waals surface area contributed by atoms with E-state index < -0.39 is 0 Å². The molecule has 4 heteroatoms. The lowest BCUT2D eigenvalue weighted by Crippen LogP contribution is -2.29. The predicted octanol–water partition coefficient (Wildman–Crippen LogP) is 3.07. The zero-order valence-electron chi connectivity index (χ0n) is 10.3. The zero-order chi connectivity index (χ0) is 12.7. The van der Waals surface area contributed by atoms with E-state index in [4.69, 9.17) is 11.6 Å². The second-order valence-electron chi connectivity index (χ2n) is 4.79. The van der Waals surface area contributed by atoms with E-state index in [0.29, 0.717) is 5.02 Å². The molecule has 0 N–H and O–H groups in total. The minimum Gasteiger partial charge on any atom is -0.340 e. The lowest BCUT2D eigenvalue weighted by molar-refractivity contribution is 0.0784. The molecule has 3 nitrogen and oxygen atoms in total. The number of aromatic nitrogens is 1. The van der Waals surface area contributed by atoms with Gasteiger partial charge in [0, 0.05) is 36.1 Å². The van der Waals surface area contributed by atoms with Crippen LogP contribution in [-0.4, -0.2) is 28.5 Å². The fraction of sp³-hybridized carbons (Fsp3) is 0.357. The third-order valence-electron chi connectivity index (χ3n) is 3.62. The van der Waals surface area contributed by atoms with E-state index in [1.807, 2.05) is 40.8 Å². The molecule has 0 spiro atoms. The fourth-order valence-corrected chi connectivity index (χ4v) is 2.79. The maximum Gasteiger partial charge on any atom is 0.270 e. The summed E-state index contributed by atoms with van der Waals surface area (Å²) in [4.78, 5) is 14.3. The van der Waals surface area contributed by atoms with Gasteiger partial charge in [0.25, 0.3) is 5.91 Å². The van der Waals surface area contributed by atoms with Crippen LogP contribution in [0.3, 0.4) is 0 Å². The van der Waals surface area contributed by atoms with Gasteiger partial charge in [-0.2, -0.15) is 0 Å². The number of hydrogen-bond acceptors (Lipinski definition) is 1. The summed E-state index contributed by atoms with van der Waals surface area (Å²) in [5.41, 5.74) is 1.79. The number of fused-ring (bicyclic) bond motifs is 1. The van der Waals surface area contributed by atoms with Crippen molar-refractivity contribution < 1.29 is 4.79 Å². The van der Waals surface area contributed by atoms with E-state index in [0.717, 1.165) is 42.5 Å². The van der Waals surface area contributed by atoms with E-state index in [1.54, 1.807) is 0 Å². The van der Waals surface area contributed by atoms with Crippen LogP contribution in [0.2, 0.25) is 5.02 Å². The first-order valence-corrected chi connectivity index (χ1v) is 6.59. The molecule has 0 radical (unpaired) electrons. The highest BCUT2D eigenvalue weighted by Gasteiger charge is 2.22. The van der Waals surface area contributed by atoms with Gasteiger partial charge in [-0.15, -0.1) is 0 Å². The van der Waals surface area contributed by atoms with Crippen LogP contribution in [0.15, 0.2) is 24.3 Å². The average Bonchev–Trinajstić information content (AvgIpc) is 2.97. The molecular formula is C14H15ClN2O. The zero-order valence-corrected chi connectivity index (χ0v) is 11.1. The van der Waals surface area contributed by atoms with Crippen LogP contribution in [-0.2, 0) is 7.05 Å². The van der Waals surface area contributed by atoms with E-state index in [-0.39, 0.29) is 5.91 Å². The Morgan fingerprint density at radius 1 is 1.22 bits per heavy atom. The average molecular weight is 263 g/mol. The molecule has 0 atom stereocenters. The summed E-state index contributed by atoms with van der Waals surface area (Å²) in [6, 6.07) is 7.64. The number of carbonyl (C=O) groups is 1. The van der Waals surface area contributed by atoms with Gasteiger partial charge in [0.15, 0.2) is 0 Å². The van der Waals surface area contributed by atoms with Crippen LogP contribution >= 0.6 is 11.6 Å². The molecule has 1 aromatic carbocycles. The molecule has 1 aliphatic rings. The molecule has 2 aromatic rings. The molecule has 1 fully saturated rings. The number of rotatable bonds is 1. The minimum atomic E-state index is 0.127. The Kier molecular flexibility index (Phi) is 2.78. The van der Waals surface area contributed by atoms with Crippen LogP contribution in [0.4, 0.5) is 0 Å². The molecule has 3 rings (SSSR count). The normalized spacial score (nSPS) is 15.6. The highest BCUT2D eigenvalue weighted by atomic mass is 35.5. The Balaban J connectivity index is 2.06. The van der Waals surface area contributed by atoms with E-state index in [9.17, 15) is 4.79 Å². The number of benzene rings is 1. The molecule has 1 saturated heterocycles. The summed E-state index contributed by atoms with van der Waals surface area (Å²) < 4.78 is 1.95. The lowest BCUT2D eigenvalue weighted by Gasteiger charge is -2.15. The van der Waals surface area contributed by atoms with Crippen molar-refractivity contribution in [1.29, 1.82) is 0 Å². The second-order valence-corrected chi connectivity index (χ2v) is 5.23. The predicted molar refractivity (Wildman–Crippen MR) is 73.1 cm³/mol. The number of aryl methyl sites for hydroxylation is 1. The molecule has 0 saturated carbocycles. The summed E-state index contributed by atoms with van der Waals surface area (Å²) in [7, 11) is 1.93. The maximum absolute atomic E-state index is 12.4. The Morgan fingerprint density at radius 3 is 2.67 bits per heavy atom. The highest BCUT2D eigenvalue weighted by molar-refractivity contribution is 6.31. The first-order valence-electron chi connectivity index (χ1n) is 6.21. The van der Waals surface area contributed by atoms with Crippen molar-refractivity contribution >= 4 is 28.4 Å². The molecule has 94 valence electrons. The van der Waals surface area contributed by atoms with E-state index in [2.05, 4.69) is 0 Å². The van der Waals surface area contributed by atoms with Gasteiger partial charge in [0.1, 0.15) is 5.69 Å². The Labute approximate surface area is 111 Å². The van der Waals surface area contributed by atoms with Crippen molar-refractivity contribution in [2.45, 2.75) is 12.8 Å².